The van der Waals surface area contributed by atoms with Crippen LogP contribution in [0.25, 0.3) is 0 Å². The van der Waals surface area contributed by atoms with Gasteiger partial charge in [-0.1, -0.05) is 5.16 Å². The number of imide groups is 1. The molecular formula is C19H28BF2N5O3. The van der Waals surface area contributed by atoms with E-state index in [9.17, 15) is 18.4 Å². The summed E-state index contributed by atoms with van der Waals surface area (Å²) in [7, 11) is 1.93. The van der Waals surface area contributed by atoms with Gasteiger partial charge in [-0.15, -0.1) is 0 Å². The minimum atomic E-state index is -2.63. The monoisotopic (exact) mass is 423 g/mol. The molecule has 0 spiro atoms. The first-order valence-electron chi connectivity index (χ1n) is 10.8. The van der Waals surface area contributed by atoms with Gasteiger partial charge in [-0.2, -0.15) is 0 Å². The maximum absolute atomic E-state index is 14.6. The van der Waals surface area contributed by atoms with Crippen LogP contribution < -0.4 is 15.5 Å². The molecule has 2 atom stereocenters. The molecule has 3 fully saturated rings. The second kappa shape index (κ2) is 8.53. The van der Waals surface area contributed by atoms with Crippen molar-refractivity contribution in [2.24, 2.45) is 11.8 Å². The quantitative estimate of drug-likeness (QED) is 0.531. The van der Waals surface area contributed by atoms with Crippen LogP contribution in [0, 0.1) is 11.8 Å². The van der Waals surface area contributed by atoms with Gasteiger partial charge >= 0.3 is 0 Å². The van der Waals surface area contributed by atoms with Gasteiger partial charge in [0, 0.05) is 31.5 Å². The van der Waals surface area contributed by atoms with E-state index in [-0.39, 0.29) is 30.7 Å². The molecule has 30 heavy (non-hydrogen) atoms. The van der Waals surface area contributed by atoms with E-state index in [1.807, 2.05) is 17.6 Å². The number of carbonyl (C=O) groups is 2. The topological polar surface area (TPSA) is 90.7 Å². The number of alkyl halides is 2. The van der Waals surface area contributed by atoms with Crippen molar-refractivity contribution in [3.05, 3.63) is 6.07 Å². The molecule has 0 aromatic carbocycles. The number of rotatable bonds is 5. The lowest BCUT2D eigenvalue weighted by molar-refractivity contribution is -0.133. The van der Waals surface area contributed by atoms with Crippen molar-refractivity contribution in [3.63, 3.8) is 0 Å². The zero-order chi connectivity index (χ0) is 21.3. The fourth-order valence-corrected chi connectivity index (χ4v) is 4.89. The van der Waals surface area contributed by atoms with Gasteiger partial charge in [-0.25, -0.2) is 8.78 Å². The zero-order valence-electron chi connectivity index (χ0n) is 17.2. The lowest BCUT2D eigenvalue weighted by Crippen LogP contribution is -2.52. The highest BCUT2D eigenvalue weighted by atomic mass is 19.3. The molecule has 2 amide bonds. The molecule has 11 heteroatoms. The number of nitrogens with one attached hydrogen (secondary N) is 2. The summed E-state index contributed by atoms with van der Waals surface area (Å²) in [6.07, 6.45) is 3.30. The Balaban J connectivity index is 1.31. The molecule has 4 heterocycles. The summed E-state index contributed by atoms with van der Waals surface area (Å²) in [5, 5.41) is 9.26. The lowest BCUT2D eigenvalue weighted by atomic mass is 9.76. The number of hydrogen-bond acceptors (Lipinski definition) is 7. The Morgan fingerprint density at radius 2 is 2.00 bits per heavy atom. The van der Waals surface area contributed by atoms with Gasteiger partial charge < -0.3 is 19.6 Å². The largest absolute Gasteiger partial charge is 0.355 e. The highest BCUT2D eigenvalue weighted by Crippen LogP contribution is 2.42. The summed E-state index contributed by atoms with van der Waals surface area (Å²) in [6, 6.07) is 1.20. The highest BCUT2D eigenvalue weighted by molar-refractivity contribution is 6.08. The van der Waals surface area contributed by atoms with E-state index in [1.165, 1.54) is 0 Å². The first-order valence-corrected chi connectivity index (χ1v) is 10.8. The number of carbonyl (C=O) groups excluding carboxylic acids is 2. The first kappa shape index (κ1) is 21.1. The Hall–Kier alpha value is -2.17. The number of aromatic nitrogens is 1. The average molecular weight is 423 g/mol. The molecule has 3 saturated heterocycles. The van der Waals surface area contributed by atoms with E-state index >= 15 is 0 Å². The number of halogens is 2. The number of nitrogens with zero attached hydrogens (tertiary/aromatic N) is 3. The molecule has 3 aliphatic rings. The van der Waals surface area contributed by atoms with Crippen LogP contribution in [0.4, 0.5) is 20.5 Å². The molecule has 4 rings (SSSR count). The first-order chi connectivity index (χ1) is 14.4. The zero-order valence-corrected chi connectivity index (χ0v) is 17.2. The summed E-state index contributed by atoms with van der Waals surface area (Å²) in [4.78, 5) is 27.0. The lowest BCUT2D eigenvalue weighted by Gasteiger charge is -2.44. The molecule has 0 saturated carbocycles. The molecule has 1 aromatic rings. The van der Waals surface area contributed by atoms with Gasteiger partial charge in [0.1, 0.15) is 13.9 Å². The molecule has 0 radical (unpaired) electrons. The summed E-state index contributed by atoms with van der Waals surface area (Å²) >= 11 is 0. The summed E-state index contributed by atoms with van der Waals surface area (Å²) in [5.41, 5.74) is 0. The van der Waals surface area contributed by atoms with Crippen LogP contribution >= 0.6 is 0 Å². The number of amides is 2. The maximum atomic E-state index is 14.6. The molecule has 164 valence electrons. The normalized spacial score (nSPS) is 28.4. The number of hydrogen-bond donors (Lipinski definition) is 2. The minimum absolute atomic E-state index is 0.0132. The van der Waals surface area contributed by atoms with Crippen molar-refractivity contribution < 1.29 is 22.9 Å². The Bertz CT molecular complexity index is 784. The SMILES string of the molecule is BCN1CCC(C2CCN(c3cc(NC4CCC(=O)NC4=O)no3)CC2)C(F)(F)C1. The smallest absolute Gasteiger partial charge is 0.263 e. The Kier molecular flexibility index (Phi) is 5.99. The van der Waals surface area contributed by atoms with Crippen molar-refractivity contribution in [1.82, 2.24) is 15.4 Å². The third-order valence-corrected chi connectivity index (χ3v) is 6.66. The molecule has 8 nitrogen and oxygen atoms in total. The summed E-state index contributed by atoms with van der Waals surface area (Å²) in [5.74, 6) is -2.82. The molecule has 2 unspecified atom stereocenters. The number of piperidine rings is 3. The predicted molar refractivity (Wildman–Crippen MR) is 109 cm³/mol. The highest BCUT2D eigenvalue weighted by Gasteiger charge is 2.48. The second-order valence-corrected chi connectivity index (χ2v) is 8.55. The van der Waals surface area contributed by atoms with Gasteiger partial charge in [0.2, 0.25) is 17.7 Å². The third kappa shape index (κ3) is 4.45. The van der Waals surface area contributed by atoms with Gasteiger partial charge in [0.25, 0.3) is 5.92 Å². The fourth-order valence-electron chi connectivity index (χ4n) is 4.89. The minimum Gasteiger partial charge on any atom is -0.355 e. The van der Waals surface area contributed by atoms with Gasteiger partial charge in [0.05, 0.1) is 6.54 Å². The van der Waals surface area contributed by atoms with Crippen LogP contribution in [0.2, 0.25) is 0 Å². The van der Waals surface area contributed by atoms with E-state index in [0.717, 1.165) is 6.54 Å². The van der Waals surface area contributed by atoms with Crippen LogP contribution in [0.1, 0.15) is 32.1 Å². The Labute approximate surface area is 175 Å². The average Bonchev–Trinajstić information content (AvgIpc) is 3.18. The van der Waals surface area contributed by atoms with E-state index in [1.54, 1.807) is 6.07 Å². The molecule has 3 aliphatic heterocycles. The van der Waals surface area contributed by atoms with Crippen molar-refractivity contribution in [3.8, 4) is 0 Å². The van der Waals surface area contributed by atoms with Crippen LogP contribution in [-0.2, 0) is 9.59 Å². The second-order valence-electron chi connectivity index (χ2n) is 8.55. The van der Waals surface area contributed by atoms with E-state index in [2.05, 4.69) is 15.8 Å². The van der Waals surface area contributed by atoms with E-state index in [0.29, 0.717) is 56.9 Å². The molecule has 0 aliphatic carbocycles. The summed E-state index contributed by atoms with van der Waals surface area (Å²) in [6.45, 7) is 1.89. The molecule has 0 bridgehead atoms. The standard InChI is InChI=1S/C19H28BF2N5O3/c20-11-26-6-5-13(19(21,22)10-26)12-3-7-27(8-4-12)17-9-15(25-30-17)23-14-1-2-16(28)24-18(14)29/h9,12-14H,1-8,10-11,20H2,(H,23,25)(H,24,28,29). The van der Waals surface area contributed by atoms with Crippen LogP contribution in [0.5, 0.6) is 0 Å². The van der Waals surface area contributed by atoms with Crippen LogP contribution in [-0.4, -0.2) is 74.3 Å². The van der Waals surface area contributed by atoms with Crippen LogP contribution in [0.15, 0.2) is 10.6 Å². The fraction of sp³-hybridized carbons (Fsp3) is 0.737. The Morgan fingerprint density at radius 1 is 1.23 bits per heavy atom. The van der Waals surface area contributed by atoms with Crippen molar-refractivity contribution in [1.29, 1.82) is 0 Å². The summed E-state index contributed by atoms with van der Waals surface area (Å²) < 4.78 is 34.7. The number of anilines is 2. The van der Waals surface area contributed by atoms with Crippen molar-refractivity contribution >= 4 is 31.4 Å². The van der Waals surface area contributed by atoms with Gasteiger partial charge in [-0.05, 0) is 44.6 Å². The van der Waals surface area contributed by atoms with Gasteiger partial charge in [-0.3, -0.25) is 14.9 Å². The van der Waals surface area contributed by atoms with Crippen molar-refractivity contribution in [2.75, 3.05) is 42.8 Å². The maximum Gasteiger partial charge on any atom is 0.263 e. The van der Waals surface area contributed by atoms with Gasteiger partial charge in [0.15, 0.2) is 5.82 Å². The third-order valence-electron chi connectivity index (χ3n) is 6.66. The Morgan fingerprint density at radius 3 is 2.67 bits per heavy atom. The van der Waals surface area contributed by atoms with E-state index in [4.69, 9.17) is 4.52 Å². The molecule has 1 aromatic heterocycles. The predicted octanol–water partition coefficient (Wildman–Crippen LogP) is 0.656. The molecule has 2 N–H and O–H groups in total. The van der Waals surface area contributed by atoms with E-state index < -0.39 is 17.9 Å². The molecular weight excluding hydrogens is 395 g/mol. The van der Waals surface area contributed by atoms with Crippen LogP contribution in [0.3, 0.4) is 0 Å². The number of likely N-dealkylation sites (tertiary alicyclic amines) is 1. The van der Waals surface area contributed by atoms with Crippen molar-refractivity contribution in [2.45, 2.75) is 44.1 Å².